The van der Waals surface area contributed by atoms with Gasteiger partial charge >= 0.3 is 0 Å². The number of aryl methyl sites for hydroxylation is 1. The van der Waals surface area contributed by atoms with Gasteiger partial charge in [-0.15, -0.1) is 0 Å². The van der Waals surface area contributed by atoms with Crippen LogP contribution < -0.4 is 5.32 Å². The van der Waals surface area contributed by atoms with Crippen LogP contribution in [0.25, 0.3) is 5.82 Å². The molecule has 0 saturated heterocycles. The van der Waals surface area contributed by atoms with E-state index >= 15 is 0 Å². The molecule has 0 radical (unpaired) electrons. The highest BCUT2D eigenvalue weighted by molar-refractivity contribution is 9.10. The van der Waals surface area contributed by atoms with Crippen LogP contribution in [0.4, 0.5) is 0 Å². The third-order valence-electron chi connectivity index (χ3n) is 3.06. The van der Waals surface area contributed by atoms with E-state index in [9.17, 15) is 0 Å². The van der Waals surface area contributed by atoms with Gasteiger partial charge < -0.3 is 5.32 Å². The Labute approximate surface area is 122 Å². The number of rotatable bonds is 4. The molecule has 0 aliphatic heterocycles. The molecule has 19 heavy (non-hydrogen) atoms. The maximum atomic E-state index is 4.59. The molecule has 2 aromatic heterocycles. The third kappa shape index (κ3) is 3.22. The van der Waals surface area contributed by atoms with Gasteiger partial charge in [-0.25, -0.2) is 9.67 Å². The fourth-order valence-electron chi connectivity index (χ4n) is 1.95. The van der Waals surface area contributed by atoms with E-state index in [4.69, 9.17) is 0 Å². The first kappa shape index (κ1) is 14.2. The van der Waals surface area contributed by atoms with Crippen molar-refractivity contribution in [3.8, 4) is 5.82 Å². The Morgan fingerprint density at radius 3 is 2.63 bits per heavy atom. The lowest BCUT2D eigenvalue weighted by molar-refractivity contribution is 0.586. The molecular weight excluding hydrogens is 304 g/mol. The van der Waals surface area contributed by atoms with Gasteiger partial charge in [0, 0.05) is 34.5 Å². The first-order valence-electron chi connectivity index (χ1n) is 6.39. The second-order valence-electron chi connectivity index (χ2n) is 4.93. The van der Waals surface area contributed by atoms with Crippen molar-refractivity contribution in [2.24, 2.45) is 0 Å². The number of hydrogen-bond donors (Lipinski definition) is 1. The van der Waals surface area contributed by atoms with Crippen LogP contribution in [0.5, 0.6) is 0 Å². The van der Waals surface area contributed by atoms with Crippen molar-refractivity contribution in [2.75, 3.05) is 0 Å². The average Bonchev–Trinajstić information content (AvgIpc) is 2.63. The maximum absolute atomic E-state index is 4.59. The van der Waals surface area contributed by atoms with Crippen LogP contribution in [0, 0.1) is 13.8 Å². The molecule has 0 spiro atoms. The number of halogens is 1. The molecule has 0 aliphatic carbocycles. The molecule has 0 atom stereocenters. The summed E-state index contributed by atoms with van der Waals surface area (Å²) in [6.45, 7) is 9.25. The summed E-state index contributed by atoms with van der Waals surface area (Å²) in [7, 11) is 0. The van der Waals surface area contributed by atoms with Crippen LogP contribution in [-0.2, 0) is 6.54 Å². The van der Waals surface area contributed by atoms with Gasteiger partial charge in [-0.1, -0.05) is 13.8 Å². The fourth-order valence-corrected chi connectivity index (χ4v) is 2.19. The van der Waals surface area contributed by atoms with Crippen molar-refractivity contribution in [1.29, 1.82) is 0 Å². The average molecular weight is 323 g/mol. The largest absolute Gasteiger partial charge is 0.310 e. The molecule has 0 aromatic carbocycles. The third-order valence-corrected chi connectivity index (χ3v) is 3.53. The Hall–Kier alpha value is -1.20. The maximum Gasteiger partial charge on any atom is 0.153 e. The summed E-state index contributed by atoms with van der Waals surface area (Å²) in [6.07, 6.45) is 1.79. The van der Waals surface area contributed by atoms with Crippen molar-refractivity contribution in [1.82, 2.24) is 20.1 Å². The summed E-state index contributed by atoms with van der Waals surface area (Å²) < 4.78 is 2.87. The second-order valence-corrected chi connectivity index (χ2v) is 5.85. The number of nitrogens with one attached hydrogen (secondary N) is 1. The summed E-state index contributed by atoms with van der Waals surface area (Å²) in [4.78, 5) is 4.39. The normalized spacial score (nSPS) is 11.3. The van der Waals surface area contributed by atoms with Crippen LogP contribution in [0.1, 0.15) is 30.8 Å². The number of pyridine rings is 1. The molecule has 0 saturated carbocycles. The Morgan fingerprint density at radius 2 is 2.05 bits per heavy atom. The molecule has 1 N–H and O–H groups in total. The van der Waals surface area contributed by atoms with E-state index in [-0.39, 0.29) is 0 Å². The fraction of sp³-hybridized carbons (Fsp3) is 0.429. The van der Waals surface area contributed by atoms with Gasteiger partial charge in [0.25, 0.3) is 0 Å². The van der Waals surface area contributed by atoms with Gasteiger partial charge in [-0.3, -0.25) is 0 Å². The van der Waals surface area contributed by atoms with Crippen molar-refractivity contribution in [3.05, 3.63) is 39.8 Å². The van der Waals surface area contributed by atoms with E-state index in [1.165, 1.54) is 5.56 Å². The van der Waals surface area contributed by atoms with Crippen LogP contribution in [0.15, 0.2) is 22.8 Å². The highest BCUT2D eigenvalue weighted by atomic mass is 79.9. The standard InChI is InChI=1S/C14H19BrN4/c1-9(2)16-8-13-10(3)18-19(11(13)4)14-6-5-12(15)7-17-14/h5-7,9,16H,8H2,1-4H3. The van der Waals surface area contributed by atoms with Crippen LogP contribution in [0.2, 0.25) is 0 Å². The van der Waals surface area contributed by atoms with E-state index in [2.05, 4.69) is 52.1 Å². The first-order valence-corrected chi connectivity index (χ1v) is 7.18. The molecule has 0 fully saturated rings. The van der Waals surface area contributed by atoms with Crippen LogP contribution in [-0.4, -0.2) is 20.8 Å². The van der Waals surface area contributed by atoms with Gasteiger partial charge in [0.1, 0.15) is 0 Å². The topological polar surface area (TPSA) is 42.7 Å². The van der Waals surface area contributed by atoms with E-state index < -0.39 is 0 Å². The Balaban J connectivity index is 2.32. The van der Waals surface area contributed by atoms with Crippen molar-refractivity contribution in [2.45, 2.75) is 40.3 Å². The van der Waals surface area contributed by atoms with Crippen LogP contribution in [0.3, 0.4) is 0 Å². The predicted molar refractivity (Wildman–Crippen MR) is 80.5 cm³/mol. The van der Waals surface area contributed by atoms with Gasteiger partial charge in [0.05, 0.1) is 5.69 Å². The highest BCUT2D eigenvalue weighted by Gasteiger charge is 2.13. The first-order chi connectivity index (χ1) is 8.99. The lowest BCUT2D eigenvalue weighted by atomic mass is 10.2. The summed E-state index contributed by atoms with van der Waals surface area (Å²) in [6, 6.07) is 4.40. The minimum Gasteiger partial charge on any atom is -0.310 e. The molecule has 4 nitrogen and oxygen atoms in total. The minimum absolute atomic E-state index is 0.466. The zero-order valence-electron chi connectivity index (χ0n) is 11.7. The van der Waals surface area contributed by atoms with Gasteiger partial charge in [-0.05, 0) is 41.9 Å². The minimum atomic E-state index is 0.466. The zero-order valence-corrected chi connectivity index (χ0v) is 13.3. The lowest BCUT2D eigenvalue weighted by Crippen LogP contribution is -2.22. The molecule has 0 bridgehead atoms. The lowest BCUT2D eigenvalue weighted by Gasteiger charge is -2.08. The molecule has 5 heteroatoms. The smallest absolute Gasteiger partial charge is 0.153 e. The van der Waals surface area contributed by atoms with Crippen molar-refractivity contribution in [3.63, 3.8) is 0 Å². The van der Waals surface area contributed by atoms with E-state index in [0.29, 0.717) is 6.04 Å². The molecule has 0 amide bonds. The van der Waals surface area contributed by atoms with Gasteiger partial charge in [0.15, 0.2) is 5.82 Å². The molecule has 0 unspecified atom stereocenters. The van der Waals surface area contributed by atoms with E-state index in [1.807, 2.05) is 23.7 Å². The predicted octanol–water partition coefficient (Wildman–Crippen LogP) is 3.14. The molecule has 0 aliphatic rings. The Kier molecular flexibility index (Phi) is 4.37. The highest BCUT2D eigenvalue weighted by Crippen LogP contribution is 2.18. The molecule has 2 rings (SSSR count). The van der Waals surface area contributed by atoms with Gasteiger partial charge in [0.2, 0.25) is 0 Å². The molecular formula is C14H19BrN4. The Bertz CT molecular complexity index is 558. The molecule has 102 valence electrons. The summed E-state index contributed by atoms with van der Waals surface area (Å²) >= 11 is 3.39. The summed E-state index contributed by atoms with van der Waals surface area (Å²) in [5.41, 5.74) is 3.44. The zero-order chi connectivity index (χ0) is 14.0. The summed E-state index contributed by atoms with van der Waals surface area (Å²) in [5.74, 6) is 0.847. The molecule has 2 heterocycles. The van der Waals surface area contributed by atoms with Crippen LogP contribution >= 0.6 is 15.9 Å². The van der Waals surface area contributed by atoms with Gasteiger partial charge in [-0.2, -0.15) is 5.10 Å². The second kappa shape index (κ2) is 5.84. The Morgan fingerprint density at radius 1 is 1.32 bits per heavy atom. The SMILES string of the molecule is Cc1nn(-c2ccc(Br)cn2)c(C)c1CNC(C)C. The van der Waals surface area contributed by atoms with E-state index in [0.717, 1.165) is 28.2 Å². The number of hydrogen-bond acceptors (Lipinski definition) is 3. The quantitative estimate of drug-likeness (QED) is 0.940. The van der Waals surface area contributed by atoms with Crippen molar-refractivity contribution < 1.29 is 0 Å². The number of nitrogens with zero attached hydrogens (tertiary/aromatic N) is 3. The van der Waals surface area contributed by atoms with Crippen molar-refractivity contribution >= 4 is 15.9 Å². The molecule has 2 aromatic rings. The van der Waals surface area contributed by atoms with E-state index in [1.54, 1.807) is 6.20 Å². The monoisotopic (exact) mass is 322 g/mol. The summed E-state index contributed by atoms with van der Waals surface area (Å²) in [5, 5.41) is 8.02. The number of aromatic nitrogens is 3.